The van der Waals surface area contributed by atoms with Crippen molar-refractivity contribution in [3.8, 4) is 0 Å². The molecule has 1 amide bonds. The van der Waals surface area contributed by atoms with Crippen molar-refractivity contribution in [3.63, 3.8) is 0 Å². The van der Waals surface area contributed by atoms with Gasteiger partial charge in [-0.15, -0.1) is 0 Å². The Kier molecular flexibility index (Phi) is 4.03. The zero-order valence-corrected chi connectivity index (χ0v) is 9.80. The minimum atomic E-state index is -0.418. The molecule has 1 aromatic carbocycles. The number of primary amides is 1. The Morgan fingerprint density at radius 3 is 2.83 bits per heavy atom. The summed E-state index contributed by atoms with van der Waals surface area (Å²) < 4.78 is 5.04. The molecule has 3 N–H and O–H groups in total. The summed E-state index contributed by atoms with van der Waals surface area (Å²) in [5.74, 6) is 0.651. The molecule has 0 saturated carbocycles. The van der Waals surface area contributed by atoms with E-state index in [1.54, 1.807) is 0 Å². The maximum absolute atomic E-state index is 10.5. The average Bonchev–Trinajstić information content (AvgIpc) is 2.78. The van der Waals surface area contributed by atoms with Crippen LogP contribution in [0.2, 0.25) is 0 Å². The Morgan fingerprint density at radius 2 is 2.11 bits per heavy atom. The highest BCUT2D eigenvalue weighted by Gasteiger charge is 2.06. The number of nitrogens with two attached hydrogens (primary N) is 1. The molecule has 0 aliphatic carbocycles. The van der Waals surface area contributed by atoms with E-state index in [0.29, 0.717) is 24.7 Å². The second-order valence-corrected chi connectivity index (χ2v) is 3.84. The van der Waals surface area contributed by atoms with Crippen molar-refractivity contribution in [2.45, 2.75) is 13.0 Å². The molecule has 0 aliphatic heterocycles. The lowest BCUT2D eigenvalue weighted by Gasteiger charge is -1.95. The number of nitrogens with zero attached hydrogens (tertiary/aromatic N) is 2. The molecular formula is C12H14N4O2. The van der Waals surface area contributed by atoms with E-state index < -0.39 is 5.91 Å². The molecule has 0 saturated heterocycles. The molecule has 0 unspecified atom stereocenters. The Labute approximate surface area is 104 Å². The van der Waals surface area contributed by atoms with Crippen molar-refractivity contribution in [2.24, 2.45) is 5.73 Å². The molecule has 0 aliphatic rings. The summed E-state index contributed by atoms with van der Waals surface area (Å²) in [7, 11) is 0. The first-order valence-electron chi connectivity index (χ1n) is 5.58. The first-order valence-corrected chi connectivity index (χ1v) is 5.58. The van der Waals surface area contributed by atoms with Crippen molar-refractivity contribution in [3.05, 3.63) is 47.6 Å². The summed E-state index contributed by atoms with van der Waals surface area (Å²) in [6.07, 6.45) is 0.625. The molecule has 1 aromatic heterocycles. The van der Waals surface area contributed by atoms with Crippen LogP contribution in [-0.4, -0.2) is 22.6 Å². The number of amides is 1. The zero-order valence-electron chi connectivity index (χ0n) is 9.80. The van der Waals surface area contributed by atoms with Crippen LogP contribution >= 0.6 is 0 Å². The van der Waals surface area contributed by atoms with Crippen molar-refractivity contribution >= 4 is 5.91 Å². The Morgan fingerprint density at radius 1 is 1.33 bits per heavy atom. The molecule has 0 fully saturated rings. The molecule has 2 rings (SSSR count). The second kappa shape index (κ2) is 5.92. The quantitative estimate of drug-likeness (QED) is 0.761. The van der Waals surface area contributed by atoms with Gasteiger partial charge in [-0.1, -0.05) is 35.5 Å². The third-order valence-corrected chi connectivity index (χ3v) is 2.29. The SMILES string of the molecule is NC(=O)CNCc1nc(Cc2ccccc2)no1. The number of hydrogen-bond acceptors (Lipinski definition) is 5. The third-order valence-electron chi connectivity index (χ3n) is 2.29. The number of hydrogen-bond donors (Lipinski definition) is 2. The van der Waals surface area contributed by atoms with Crippen molar-refractivity contribution in [2.75, 3.05) is 6.54 Å². The van der Waals surface area contributed by atoms with Gasteiger partial charge in [0.15, 0.2) is 5.82 Å². The van der Waals surface area contributed by atoms with E-state index in [9.17, 15) is 4.79 Å². The molecule has 1 heterocycles. The van der Waals surface area contributed by atoms with Gasteiger partial charge in [-0.3, -0.25) is 10.1 Å². The minimum Gasteiger partial charge on any atom is -0.369 e. The molecule has 2 aromatic rings. The highest BCUT2D eigenvalue weighted by atomic mass is 16.5. The third kappa shape index (κ3) is 3.67. The van der Waals surface area contributed by atoms with Gasteiger partial charge in [0.1, 0.15) is 0 Å². The summed E-state index contributed by atoms with van der Waals surface area (Å²) in [6, 6.07) is 9.89. The number of aromatic nitrogens is 2. The molecule has 0 atom stereocenters. The first-order chi connectivity index (χ1) is 8.74. The summed E-state index contributed by atoms with van der Waals surface area (Å²) in [5, 5.41) is 6.67. The number of rotatable bonds is 6. The van der Waals surface area contributed by atoms with E-state index >= 15 is 0 Å². The molecule has 94 valence electrons. The summed E-state index contributed by atoms with van der Waals surface area (Å²) >= 11 is 0. The highest BCUT2D eigenvalue weighted by molar-refractivity contribution is 5.75. The summed E-state index contributed by atoms with van der Waals surface area (Å²) in [5.41, 5.74) is 6.12. The smallest absolute Gasteiger partial charge is 0.240 e. The molecule has 0 radical (unpaired) electrons. The van der Waals surface area contributed by atoms with Crippen molar-refractivity contribution < 1.29 is 9.32 Å². The standard InChI is InChI=1S/C12H14N4O2/c13-10(17)7-14-8-12-15-11(16-18-12)6-9-4-2-1-3-5-9/h1-5,14H,6-8H2,(H2,13,17). The van der Waals surface area contributed by atoms with Crippen LogP contribution in [0.15, 0.2) is 34.9 Å². The number of nitrogens with one attached hydrogen (secondary N) is 1. The Bertz CT molecular complexity index is 510. The minimum absolute atomic E-state index is 0.0936. The predicted molar refractivity (Wildman–Crippen MR) is 64.4 cm³/mol. The van der Waals surface area contributed by atoms with E-state index in [1.165, 1.54) is 0 Å². The van der Waals surface area contributed by atoms with Gasteiger partial charge in [0.25, 0.3) is 0 Å². The Balaban J connectivity index is 1.88. The largest absolute Gasteiger partial charge is 0.369 e. The molecule has 6 nitrogen and oxygen atoms in total. The van der Waals surface area contributed by atoms with E-state index in [2.05, 4.69) is 15.5 Å². The van der Waals surface area contributed by atoms with Crippen LogP contribution in [0, 0.1) is 0 Å². The normalized spacial score (nSPS) is 10.4. The van der Waals surface area contributed by atoms with Gasteiger partial charge in [0.05, 0.1) is 13.1 Å². The average molecular weight is 246 g/mol. The monoisotopic (exact) mass is 246 g/mol. The highest BCUT2D eigenvalue weighted by Crippen LogP contribution is 2.06. The molecule has 6 heteroatoms. The van der Waals surface area contributed by atoms with E-state index in [4.69, 9.17) is 10.3 Å². The van der Waals surface area contributed by atoms with Gasteiger partial charge < -0.3 is 10.3 Å². The van der Waals surface area contributed by atoms with Gasteiger partial charge in [-0.25, -0.2) is 0 Å². The lowest BCUT2D eigenvalue weighted by atomic mass is 10.1. The van der Waals surface area contributed by atoms with Crippen LogP contribution < -0.4 is 11.1 Å². The molecule has 18 heavy (non-hydrogen) atoms. The van der Waals surface area contributed by atoms with Crippen molar-refractivity contribution in [1.82, 2.24) is 15.5 Å². The van der Waals surface area contributed by atoms with Gasteiger partial charge in [0, 0.05) is 6.42 Å². The van der Waals surface area contributed by atoms with Crippen LogP contribution in [0.1, 0.15) is 17.3 Å². The van der Waals surface area contributed by atoms with E-state index in [1.807, 2.05) is 30.3 Å². The van der Waals surface area contributed by atoms with E-state index in [0.717, 1.165) is 5.56 Å². The maximum atomic E-state index is 10.5. The van der Waals surface area contributed by atoms with Crippen LogP contribution in [0.4, 0.5) is 0 Å². The fraction of sp³-hybridized carbons (Fsp3) is 0.250. The number of carbonyl (C=O) groups excluding carboxylic acids is 1. The van der Waals surface area contributed by atoms with Crippen LogP contribution in [0.25, 0.3) is 0 Å². The van der Waals surface area contributed by atoms with Gasteiger partial charge in [-0.2, -0.15) is 4.98 Å². The fourth-order valence-corrected chi connectivity index (χ4v) is 1.50. The Hall–Kier alpha value is -2.21. The zero-order chi connectivity index (χ0) is 12.8. The molecular weight excluding hydrogens is 232 g/mol. The molecule has 0 spiro atoms. The predicted octanol–water partition coefficient (Wildman–Crippen LogP) is 0.235. The maximum Gasteiger partial charge on any atom is 0.240 e. The van der Waals surface area contributed by atoms with E-state index in [-0.39, 0.29) is 6.54 Å². The lowest BCUT2D eigenvalue weighted by Crippen LogP contribution is -2.28. The van der Waals surface area contributed by atoms with Crippen LogP contribution in [0.5, 0.6) is 0 Å². The van der Waals surface area contributed by atoms with Crippen LogP contribution in [-0.2, 0) is 17.8 Å². The van der Waals surface area contributed by atoms with Gasteiger partial charge in [0.2, 0.25) is 11.8 Å². The van der Waals surface area contributed by atoms with Gasteiger partial charge in [-0.05, 0) is 5.56 Å². The number of carbonyl (C=O) groups is 1. The molecule has 0 bridgehead atoms. The fourth-order valence-electron chi connectivity index (χ4n) is 1.50. The topological polar surface area (TPSA) is 94.0 Å². The van der Waals surface area contributed by atoms with Crippen LogP contribution in [0.3, 0.4) is 0 Å². The summed E-state index contributed by atoms with van der Waals surface area (Å²) in [4.78, 5) is 14.7. The summed E-state index contributed by atoms with van der Waals surface area (Å²) in [6.45, 7) is 0.432. The second-order valence-electron chi connectivity index (χ2n) is 3.84. The van der Waals surface area contributed by atoms with Crippen molar-refractivity contribution in [1.29, 1.82) is 0 Å². The lowest BCUT2D eigenvalue weighted by molar-refractivity contribution is -0.117. The number of benzene rings is 1. The first kappa shape index (κ1) is 12.3. The van der Waals surface area contributed by atoms with Gasteiger partial charge >= 0.3 is 0 Å².